The van der Waals surface area contributed by atoms with E-state index in [4.69, 9.17) is 9.47 Å². The highest BCUT2D eigenvalue weighted by atomic mass is 32.2. The van der Waals surface area contributed by atoms with Crippen LogP contribution in [0.4, 0.5) is 5.13 Å². The van der Waals surface area contributed by atoms with Crippen molar-refractivity contribution < 1.29 is 17.9 Å². The molecule has 8 heteroatoms. The molecule has 3 rings (SSSR count). The first-order valence-electron chi connectivity index (χ1n) is 8.22. The maximum absolute atomic E-state index is 12.7. The first kappa shape index (κ1) is 18.5. The van der Waals surface area contributed by atoms with Crippen LogP contribution in [0, 0.1) is 6.92 Å². The van der Waals surface area contributed by atoms with E-state index in [9.17, 15) is 8.42 Å². The van der Waals surface area contributed by atoms with E-state index in [0.717, 1.165) is 21.5 Å². The summed E-state index contributed by atoms with van der Waals surface area (Å²) in [4.78, 5) is 4.52. The molecule has 26 heavy (non-hydrogen) atoms. The fourth-order valence-corrected chi connectivity index (χ4v) is 4.70. The van der Waals surface area contributed by atoms with E-state index in [1.54, 1.807) is 12.1 Å². The molecular formula is C18H20N2O4S2. The number of nitrogens with one attached hydrogen (secondary N) is 1. The van der Waals surface area contributed by atoms with Gasteiger partial charge in [-0.25, -0.2) is 13.4 Å². The molecule has 0 fully saturated rings. The number of hydrogen-bond acceptors (Lipinski definition) is 6. The van der Waals surface area contributed by atoms with E-state index in [-0.39, 0.29) is 4.90 Å². The largest absolute Gasteiger partial charge is 0.494 e. The van der Waals surface area contributed by atoms with Crippen molar-refractivity contribution in [2.75, 3.05) is 17.9 Å². The van der Waals surface area contributed by atoms with Crippen LogP contribution in [0.15, 0.2) is 41.3 Å². The number of ether oxygens (including phenoxy) is 2. The van der Waals surface area contributed by atoms with Crippen molar-refractivity contribution in [3.63, 3.8) is 0 Å². The van der Waals surface area contributed by atoms with Crippen LogP contribution < -0.4 is 14.2 Å². The molecule has 1 aromatic heterocycles. The number of aromatic nitrogens is 1. The maximum Gasteiger partial charge on any atom is 0.263 e. The number of aryl methyl sites for hydroxylation is 1. The first-order chi connectivity index (χ1) is 12.4. The van der Waals surface area contributed by atoms with Gasteiger partial charge in [0, 0.05) is 0 Å². The summed E-state index contributed by atoms with van der Waals surface area (Å²) >= 11 is 1.27. The zero-order valence-electron chi connectivity index (χ0n) is 14.8. The summed E-state index contributed by atoms with van der Waals surface area (Å²) in [5.74, 6) is 1.41. The van der Waals surface area contributed by atoms with Gasteiger partial charge < -0.3 is 9.47 Å². The molecule has 138 valence electrons. The minimum Gasteiger partial charge on any atom is -0.494 e. The minimum atomic E-state index is -3.72. The smallest absolute Gasteiger partial charge is 0.263 e. The third-order valence-electron chi connectivity index (χ3n) is 3.65. The second kappa shape index (κ2) is 7.51. The second-order valence-corrected chi connectivity index (χ2v) is 8.26. The predicted octanol–water partition coefficient (Wildman–Crippen LogP) is 4.20. The summed E-state index contributed by atoms with van der Waals surface area (Å²) in [5.41, 5.74) is 1.49. The summed E-state index contributed by atoms with van der Waals surface area (Å²) in [6, 6.07) is 10.3. The van der Waals surface area contributed by atoms with E-state index in [1.807, 2.05) is 39.0 Å². The number of anilines is 1. The molecule has 0 aliphatic heterocycles. The van der Waals surface area contributed by atoms with Crippen LogP contribution in [0.25, 0.3) is 10.2 Å². The van der Waals surface area contributed by atoms with Crippen LogP contribution in [-0.4, -0.2) is 26.6 Å². The molecule has 0 unspecified atom stereocenters. The molecule has 2 aromatic carbocycles. The fourth-order valence-electron chi connectivity index (χ4n) is 2.49. The third kappa shape index (κ3) is 3.91. The van der Waals surface area contributed by atoms with E-state index < -0.39 is 10.0 Å². The Labute approximate surface area is 156 Å². The highest BCUT2D eigenvalue weighted by Gasteiger charge is 2.18. The van der Waals surface area contributed by atoms with Gasteiger partial charge in [0.1, 0.15) is 11.5 Å². The number of nitrogens with zero attached hydrogens (tertiary/aromatic N) is 1. The lowest BCUT2D eigenvalue weighted by Crippen LogP contribution is -2.13. The zero-order chi connectivity index (χ0) is 18.7. The van der Waals surface area contributed by atoms with Crippen molar-refractivity contribution in [3.05, 3.63) is 42.0 Å². The molecule has 0 saturated carbocycles. The van der Waals surface area contributed by atoms with Gasteiger partial charge in [-0.1, -0.05) is 11.3 Å². The van der Waals surface area contributed by atoms with E-state index in [0.29, 0.717) is 24.1 Å². The molecule has 0 bridgehead atoms. The molecule has 0 amide bonds. The van der Waals surface area contributed by atoms with Gasteiger partial charge in [-0.15, -0.1) is 0 Å². The van der Waals surface area contributed by atoms with Crippen LogP contribution in [0.5, 0.6) is 11.5 Å². The zero-order valence-corrected chi connectivity index (χ0v) is 16.4. The number of rotatable bonds is 7. The molecule has 0 aliphatic carbocycles. The summed E-state index contributed by atoms with van der Waals surface area (Å²) in [5, 5.41) is 0.320. The molecule has 1 N–H and O–H groups in total. The lowest BCUT2D eigenvalue weighted by molar-refractivity contribution is 0.337. The Hall–Kier alpha value is -2.32. The van der Waals surface area contributed by atoms with Crippen LogP contribution in [0.3, 0.4) is 0 Å². The molecule has 3 aromatic rings. The standard InChI is InChI=1S/C18H20N2O4S2/c1-4-23-13-6-8-15-17(11-13)25-18(19-15)20-26(21,22)14-7-9-16(24-5-2)12(3)10-14/h6-11H,4-5H2,1-3H3,(H,19,20). The molecule has 0 aliphatic rings. The van der Waals surface area contributed by atoms with Crippen molar-refractivity contribution in [2.45, 2.75) is 25.7 Å². The maximum atomic E-state index is 12.7. The lowest BCUT2D eigenvalue weighted by atomic mass is 10.2. The summed E-state index contributed by atoms with van der Waals surface area (Å²) in [7, 11) is -3.72. The van der Waals surface area contributed by atoms with Crippen LogP contribution >= 0.6 is 11.3 Å². The Balaban J connectivity index is 1.87. The summed E-state index contributed by atoms with van der Waals surface area (Å²) in [6.45, 7) is 6.71. The van der Waals surface area contributed by atoms with Gasteiger partial charge in [0.05, 0.1) is 28.3 Å². The Kier molecular flexibility index (Phi) is 5.33. The van der Waals surface area contributed by atoms with Crippen molar-refractivity contribution >= 4 is 36.7 Å². The van der Waals surface area contributed by atoms with Crippen molar-refractivity contribution in [1.29, 1.82) is 0 Å². The van der Waals surface area contributed by atoms with Crippen molar-refractivity contribution in [1.82, 2.24) is 4.98 Å². The Morgan fingerprint density at radius 2 is 1.85 bits per heavy atom. The number of hydrogen-bond donors (Lipinski definition) is 1. The minimum absolute atomic E-state index is 0.174. The average molecular weight is 393 g/mol. The van der Waals surface area contributed by atoms with Gasteiger partial charge >= 0.3 is 0 Å². The highest BCUT2D eigenvalue weighted by Crippen LogP contribution is 2.31. The Bertz CT molecular complexity index is 1030. The summed E-state index contributed by atoms with van der Waals surface area (Å²) < 4.78 is 39.7. The fraction of sp³-hybridized carbons (Fsp3) is 0.278. The van der Waals surface area contributed by atoms with Gasteiger partial charge in [0.2, 0.25) is 0 Å². The molecule has 0 spiro atoms. The second-order valence-electron chi connectivity index (χ2n) is 5.55. The first-order valence-corrected chi connectivity index (χ1v) is 10.5. The SMILES string of the molecule is CCOc1ccc2nc(NS(=O)(=O)c3ccc(OCC)c(C)c3)sc2c1. The van der Waals surface area contributed by atoms with Crippen molar-refractivity contribution in [2.24, 2.45) is 0 Å². The quantitative estimate of drug-likeness (QED) is 0.652. The van der Waals surface area contributed by atoms with Gasteiger partial charge in [-0.2, -0.15) is 0 Å². The topological polar surface area (TPSA) is 77.5 Å². The van der Waals surface area contributed by atoms with Crippen LogP contribution in [0.2, 0.25) is 0 Å². The van der Waals surface area contributed by atoms with Crippen LogP contribution in [0.1, 0.15) is 19.4 Å². The lowest BCUT2D eigenvalue weighted by Gasteiger charge is -2.10. The third-order valence-corrected chi connectivity index (χ3v) is 6.05. The number of sulfonamides is 1. The number of fused-ring (bicyclic) bond motifs is 1. The normalized spacial score (nSPS) is 11.5. The summed E-state index contributed by atoms with van der Waals surface area (Å²) in [6.07, 6.45) is 0. The van der Waals surface area contributed by atoms with E-state index in [1.165, 1.54) is 17.4 Å². The van der Waals surface area contributed by atoms with Gasteiger partial charge in [0.25, 0.3) is 10.0 Å². The van der Waals surface area contributed by atoms with Gasteiger partial charge in [-0.3, -0.25) is 4.72 Å². The highest BCUT2D eigenvalue weighted by molar-refractivity contribution is 7.93. The monoisotopic (exact) mass is 392 g/mol. The predicted molar refractivity (Wildman–Crippen MR) is 104 cm³/mol. The van der Waals surface area contributed by atoms with E-state index in [2.05, 4.69) is 9.71 Å². The van der Waals surface area contributed by atoms with Gasteiger partial charge in [0.15, 0.2) is 5.13 Å². The van der Waals surface area contributed by atoms with Crippen LogP contribution in [-0.2, 0) is 10.0 Å². The number of benzene rings is 2. The Morgan fingerprint density at radius 1 is 1.08 bits per heavy atom. The molecule has 1 heterocycles. The van der Waals surface area contributed by atoms with Crippen molar-refractivity contribution in [3.8, 4) is 11.5 Å². The molecular weight excluding hydrogens is 372 g/mol. The molecule has 0 saturated heterocycles. The molecule has 0 atom stereocenters. The average Bonchev–Trinajstić information content (AvgIpc) is 2.97. The number of thiazole rings is 1. The molecule has 6 nitrogen and oxygen atoms in total. The van der Waals surface area contributed by atoms with E-state index >= 15 is 0 Å². The Morgan fingerprint density at radius 3 is 2.54 bits per heavy atom. The molecule has 0 radical (unpaired) electrons. The van der Waals surface area contributed by atoms with Gasteiger partial charge in [-0.05, 0) is 62.7 Å².